The second kappa shape index (κ2) is 6.12. The summed E-state index contributed by atoms with van der Waals surface area (Å²) in [6.45, 7) is 8.13. The number of rotatable bonds is 3. The highest BCUT2D eigenvalue weighted by Crippen LogP contribution is 2.67. The van der Waals surface area contributed by atoms with Crippen LogP contribution in [0.15, 0.2) is 32.6 Å². The number of ether oxygens (including phenoxy) is 1. The van der Waals surface area contributed by atoms with Gasteiger partial charge in [-0.15, -0.1) is 0 Å². The zero-order valence-corrected chi connectivity index (χ0v) is 18.8. The molecule has 0 aromatic carbocycles. The molecule has 5 aliphatic rings. The van der Waals surface area contributed by atoms with Crippen LogP contribution in [0.3, 0.4) is 0 Å². The third kappa shape index (κ3) is 2.46. The lowest BCUT2D eigenvalue weighted by Crippen LogP contribution is -2.49. The van der Waals surface area contributed by atoms with E-state index in [0.717, 1.165) is 36.7 Å². The number of halogens is 1. The van der Waals surface area contributed by atoms with Gasteiger partial charge in [-0.1, -0.05) is 25.5 Å². The molecule has 26 heavy (non-hydrogen) atoms. The van der Waals surface area contributed by atoms with E-state index in [1.165, 1.54) is 50.7 Å². The van der Waals surface area contributed by atoms with Gasteiger partial charge < -0.3 is 4.74 Å². The van der Waals surface area contributed by atoms with Gasteiger partial charge in [0.1, 0.15) is 0 Å². The Labute approximate surface area is 172 Å². The van der Waals surface area contributed by atoms with Gasteiger partial charge in [-0.05, 0) is 119 Å². The molecule has 0 N–H and O–H groups in total. The second-order valence-corrected chi connectivity index (χ2v) is 11.2. The summed E-state index contributed by atoms with van der Waals surface area (Å²) in [6, 6.07) is 0. The van der Waals surface area contributed by atoms with Gasteiger partial charge in [0.25, 0.3) is 0 Å². The van der Waals surface area contributed by atoms with Gasteiger partial charge in [0, 0.05) is 11.8 Å². The van der Waals surface area contributed by atoms with Crippen molar-refractivity contribution in [3.8, 4) is 0 Å². The quantitative estimate of drug-likeness (QED) is 0.402. The van der Waals surface area contributed by atoms with E-state index in [1.807, 2.05) is 5.57 Å². The molecule has 0 radical (unpaired) electrons. The Morgan fingerprint density at radius 3 is 2.65 bits per heavy atom. The molecule has 5 aliphatic carbocycles. The lowest BCUT2D eigenvalue weighted by molar-refractivity contribution is -0.0128. The monoisotopic (exact) mass is 464 g/mol. The van der Waals surface area contributed by atoms with Crippen LogP contribution >= 0.6 is 22.6 Å². The van der Waals surface area contributed by atoms with Crippen LogP contribution in [-0.2, 0) is 4.74 Å². The Kier molecular flexibility index (Phi) is 4.20. The standard InChI is InChI=1S/C24H33IO/c1-4-26-16-9-11-23(2)20-10-12-24(3)19(7-8-22(24)25)18(20)14-17(15-5-6-15)21(23)13-16/h8,13,15,18-20H,4-7,9-12,14H2,1-3H3/t18-,19-,20-,23+,24-/m0/s1. The summed E-state index contributed by atoms with van der Waals surface area (Å²) in [5.74, 6) is 4.83. The molecule has 0 saturated heterocycles. The summed E-state index contributed by atoms with van der Waals surface area (Å²) >= 11 is 2.65. The predicted octanol–water partition coefficient (Wildman–Crippen LogP) is 7.19. The zero-order valence-electron chi connectivity index (χ0n) is 16.6. The maximum absolute atomic E-state index is 5.98. The fourth-order valence-electron chi connectivity index (χ4n) is 7.12. The van der Waals surface area contributed by atoms with E-state index in [0.29, 0.717) is 10.8 Å². The molecule has 0 aliphatic heterocycles. The molecule has 142 valence electrons. The number of fused-ring (bicyclic) bond motifs is 5. The number of hydrogen-bond donors (Lipinski definition) is 0. The van der Waals surface area contributed by atoms with Crippen molar-refractivity contribution in [2.45, 2.75) is 72.1 Å². The zero-order chi connectivity index (χ0) is 18.1. The van der Waals surface area contributed by atoms with Crippen LogP contribution in [0.5, 0.6) is 0 Å². The van der Waals surface area contributed by atoms with E-state index in [-0.39, 0.29) is 0 Å². The van der Waals surface area contributed by atoms with Gasteiger partial charge in [0.05, 0.1) is 12.4 Å². The topological polar surface area (TPSA) is 9.23 Å². The van der Waals surface area contributed by atoms with Gasteiger partial charge in [0.2, 0.25) is 0 Å². The van der Waals surface area contributed by atoms with Crippen LogP contribution in [0.1, 0.15) is 72.1 Å². The van der Waals surface area contributed by atoms with Crippen LogP contribution in [-0.4, -0.2) is 6.61 Å². The van der Waals surface area contributed by atoms with E-state index in [9.17, 15) is 0 Å². The summed E-state index contributed by atoms with van der Waals surface area (Å²) in [5, 5.41) is 0. The summed E-state index contributed by atoms with van der Waals surface area (Å²) in [5.41, 5.74) is 4.44. The first-order valence-corrected chi connectivity index (χ1v) is 12.0. The Hall–Kier alpha value is -0.250. The Morgan fingerprint density at radius 1 is 1.12 bits per heavy atom. The third-order valence-corrected chi connectivity index (χ3v) is 10.4. The maximum Gasteiger partial charge on any atom is 0.0962 e. The lowest BCUT2D eigenvalue weighted by Gasteiger charge is -2.57. The van der Waals surface area contributed by atoms with Gasteiger partial charge in [0.15, 0.2) is 0 Å². The fourth-order valence-corrected chi connectivity index (χ4v) is 8.04. The van der Waals surface area contributed by atoms with Crippen LogP contribution in [0.2, 0.25) is 0 Å². The summed E-state index contributed by atoms with van der Waals surface area (Å²) in [4.78, 5) is 0. The minimum Gasteiger partial charge on any atom is -0.498 e. The SMILES string of the molecule is CCOC1=CC2=C(C3CC3)C[C@@H]3[C@H](CC[C@]4(C)C(I)=CC[C@@H]34)[C@@]2(C)CC1. The minimum atomic E-state index is 0.400. The number of hydrogen-bond acceptors (Lipinski definition) is 1. The molecule has 0 heterocycles. The second-order valence-electron chi connectivity index (χ2n) is 10.00. The van der Waals surface area contributed by atoms with Crippen molar-refractivity contribution in [1.29, 1.82) is 0 Å². The van der Waals surface area contributed by atoms with Crippen molar-refractivity contribution in [2.75, 3.05) is 6.61 Å². The lowest BCUT2D eigenvalue weighted by atomic mass is 9.47. The summed E-state index contributed by atoms with van der Waals surface area (Å²) in [6.07, 6.45) is 15.9. The molecule has 0 spiro atoms. The minimum absolute atomic E-state index is 0.400. The van der Waals surface area contributed by atoms with Crippen molar-refractivity contribution in [3.05, 3.63) is 32.6 Å². The molecular formula is C24H33IO. The van der Waals surface area contributed by atoms with E-state index in [2.05, 4.69) is 55.5 Å². The van der Waals surface area contributed by atoms with Gasteiger partial charge in [-0.2, -0.15) is 0 Å². The number of allylic oxidation sites excluding steroid dienone is 6. The van der Waals surface area contributed by atoms with Crippen molar-refractivity contribution >= 4 is 22.6 Å². The van der Waals surface area contributed by atoms with Crippen LogP contribution in [0.4, 0.5) is 0 Å². The maximum atomic E-state index is 5.98. The highest BCUT2D eigenvalue weighted by atomic mass is 127. The predicted molar refractivity (Wildman–Crippen MR) is 116 cm³/mol. The highest BCUT2D eigenvalue weighted by Gasteiger charge is 2.58. The Morgan fingerprint density at radius 2 is 1.92 bits per heavy atom. The molecule has 2 heteroatoms. The molecule has 2 fully saturated rings. The normalized spacial score (nSPS) is 44.7. The van der Waals surface area contributed by atoms with Gasteiger partial charge in [-0.25, -0.2) is 0 Å². The summed E-state index contributed by atoms with van der Waals surface area (Å²) in [7, 11) is 0. The van der Waals surface area contributed by atoms with Gasteiger partial charge >= 0.3 is 0 Å². The van der Waals surface area contributed by atoms with Crippen LogP contribution in [0.25, 0.3) is 0 Å². The molecule has 5 atom stereocenters. The molecule has 1 nitrogen and oxygen atoms in total. The van der Waals surface area contributed by atoms with E-state index < -0.39 is 0 Å². The van der Waals surface area contributed by atoms with E-state index >= 15 is 0 Å². The van der Waals surface area contributed by atoms with Crippen molar-refractivity contribution < 1.29 is 4.74 Å². The first-order chi connectivity index (χ1) is 12.5. The van der Waals surface area contributed by atoms with Crippen LogP contribution in [0, 0.1) is 34.5 Å². The van der Waals surface area contributed by atoms with Crippen LogP contribution < -0.4 is 0 Å². The van der Waals surface area contributed by atoms with Gasteiger partial charge in [-0.3, -0.25) is 0 Å². The fraction of sp³-hybridized carbons (Fsp3) is 0.750. The molecular weight excluding hydrogens is 431 g/mol. The van der Waals surface area contributed by atoms with E-state index in [4.69, 9.17) is 4.74 Å². The average molecular weight is 464 g/mol. The van der Waals surface area contributed by atoms with E-state index in [1.54, 1.807) is 9.15 Å². The Bertz CT molecular complexity index is 712. The van der Waals surface area contributed by atoms with Crippen molar-refractivity contribution in [1.82, 2.24) is 0 Å². The summed E-state index contributed by atoms with van der Waals surface area (Å²) < 4.78 is 7.64. The highest BCUT2D eigenvalue weighted by molar-refractivity contribution is 14.1. The first-order valence-electron chi connectivity index (χ1n) is 10.9. The largest absolute Gasteiger partial charge is 0.498 e. The smallest absolute Gasteiger partial charge is 0.0962 e. The molecule has 2 saturated carbocycles. The first kappa shape index (κ1) is 17.8. The third-order valence-electron chi connectivity index (χ3n) is 8.75. The molecule has 0 bridgehead atoms. The van der Waals surface area contributed by atoms with Crippen molar-refractivity contribution in [2.24, 2.45) is 34.5 Å². The molecule has 0 amide bonds. The van der Waals surface area contributed by atoms with Crippen molar-refractivity contribution in [3.63, 3.8) is 0 Å². The average Bonchev–Trinajstić information content (AvgIpc) is 3.41. The Balaban J connectivity index is 1.57. The molecule has 0 aromatic heterocycles. The molecule has 5 rings (SSSR count). The molecule has 0 unspecified atom stereocenters. The molecule has 0 aromatic rings.